The molecule has 108 valence electrons. The number of methoxy groups -OCH3 is 1. The van der Waals surface area contributed by atoms with Gasteiger partial charge in [-0.25, -0.2) is 0 Å². The molecule has 2 aromatic carbocycles. The Morgan fingerprint density at radius 2 is 1.57 bits per heavy atom. The highest BCUT2D eigenvalue weighted by atomic mass is 16.5. The molecule has 0 bridgehead atoms. The molecule has 21 heavy (non-hydrogen) atoms. The first-order valence-corrected chi connectivity index (χ1v) is 6.58. The maximum Gasteiger partial charge on any atom is 0.296 e. The number of Topliss-reactive ketones (excluding diaryl/α,β-unsaturated/α-hetero) is 1. The van der Waals surface area contributed by atoms with E-state index < -0.39 is 11.7 Å². The summed E-state index contributed by atoms with van der Waals surface area (Å²) in [5.41, 5.74) is 2.86. The third kappa shape index (κ3) is 3.48. The molecule has 0 spiro atoms. The van der Waals surface area contributed by atoms with Crippen molar-refractivity contribution in [3.05, 3.63) is 59.2 Å². The molecule has 0 radical (unpaired) electrons. The van der Waals surface area contributed by atoms with E-state index in [1.807, 2.05) is 19.9 Å². The fourth-order valence-corrected chi connectivity index (χ4v) is 1.93. The second-order valence-corrected chi connectivity index (χ2v) is 4.85. The summed E-state index contributed by atoms with van der Waals surface area (Å²) in [4.78, 5) is 24.2. The van der Waals surface area contributed by atoms with Gasteiger partial charge in [-0.1, -0.05) is 35.9 Å². The standard InChI is InChI=1S/C17H17NO3/c1-11-4-7-13(8-5-11)16(19)17(20)18-14-10-12(2)6-9-15(14)21-3/h4-10H,1-3H3,(H,18,20). The van der Waals surface area contributed by atoms with Gasteiger partial charge in [-0.2, -0.15) is 0 Å². The number of benzene rings is 2. The zero-order valence-electron chi connectivity index (χ0n) is 12.3. The van der Waals surface area contributed by atoms with Gasteiger partial charge in [0.05, 0.1) is 12.8 Å². The third-order valence-corrected chi connectivity index (χ3v) is 3.12. The average molecular weight is 283 g/mol. The first-order chi connectivity index (χ1) is 10.0. The number of ketones is 1. The number of hydrogen-bond acceptors (Lipinski definition) is 3. The molecule has 0 aromatic heterocycles. The zero-order chi connectivity index (χ0) is 15.4. The molecule has 0 atom stereocenters. The Kier molecular flexibility index (Phi) is 4.38. The van der Waals surface area contributed by atoms with Crippen molar-refractivity contribution in [3.63, 3.8) is 0 Å². The monoisotopic (exact) mass is 283 g/mol. The highest BCUT2D eigenvalue weighted by molar-refractivity contribution is 6.46. The normalized spacial score (nSPS) is 10.0. The molecule has 2 rings (SSSR count). The largest absolute Gasteiger partial charge is 0.495 e. The van der Waals surface area contributed by atoms with Crippen molar-refractivity contribution in [2.45, 2.75) is 13.8 Å². The van der Waals surface area contributed by atoms with Gasteiger partial charge in [-0.05, 0) is 31.5 Å². The van der Waals surface area contributed by atoms with Crippen LogP contribution in [0, 0.1) is 13.8 Å². The number of nitrogens with one attached hydrogen (secondary N) is 1. The Labute approximate surface area is 123 Å². The summed E-state index contributed by atoms with van der Waals surface area (Å²) in [6.07, 6.45) is 0. The molecule has 2 aromatic rings. The topological polar surface area (TPSA) is 55.4 Å². The molecule has 0 saturated carbocycles. The Hall–Kier alpha value is -2.62. The number of carbonyl (C=O) groups is 2. The molecule has 0 unspecified atom stereocenters. The van der Waals surface area contributed by atoms with Crippen LogP contribution in [0.3, 0.4) is 0 Å². The van der Waals surface area contributed by atoms with E-state index >= 15 is 0 Å². The van der Waals surface area contributed by atoms with Crippen LogP contribution in [-0.2, 0) is 4.79 Å². The summed E-state index contributed by atoms with van der Waals surface area (Å²) >= 11 is 0. The first kappa shape index (κ1) is 14.8. The molecule has 1 N–H and O–H groups in total. The summed E-state index contributed by atoms with van der Waals surface area (Å²) in [5.74, 6) is -0.730. The minimum Gasteiger partial charge on any atom is -0.495 e. The van der Waals surface area contributed by atoms with Gasteiger partial charge in [0.25, 0.3) is 11.7 Å². The third-order valence-electron chi connectivity index (χ3n) is 3.12. The highest BCUT2D eigenvalue weighted by Gasteiger charge is 2.17. The van der Waals surface area contributed by atoms with Crippen molar-refractivity contribution in [3.8, 4) is 5.75 Å². The van der Waals surface area contributed by atoms with E-state index in [4.69, 9.17) is 4.74 Å². The van der Waals surface area contributed by atoms with E-state index in [-0.39, 0.29) is 0 Å². The van der Waals surface area contributed by atoms with E-state index in [1.165, 1.54) is 7.11 Å². The summed E-state index contributed by atoms with van der Waals surface area (Å²) < 4.78 is 5.18. The lowest BCUT2D eigenvalue weighted by Crippen LogP contribution is -2.23. The van der Waals surface area contributed by atoms with Crippen molar-refractivity contribution in [2.75, 3.05) is 12.4 Å². The van der Waals surface area contributed by atoms with Crippen LogP contribution in [0.25, 0.3) is 0 Å². The molecular formula is C17H17NO3. The minimum absolute atomic E-state index is 0.365. The molecule has 1 amide bonds. The van der Waals surface area contributed by atoms with Crippen molar-refractivity contribution < 1.29 is 14.3 Å². The van der Waals surface area contributed by atoms with E-state index in [0.717, 1.165) is 11.1 Å². The lowest BCUT2D eigenvalue weighted by molar-refractivity contribution is -0.112. The molecule has 0 aliphatic carbocycles. The molecule has 4 nitrogen and oxygen atoms in total. The van der Waals surface area contributed by atoms with E-state index in [2.05, 4.69) is 5.32 Å². The Bertz CT molecular complexity index is 675. The first-order valence-electron chi connectivity index (χ1n) is 6.58. The summed E-state index contributed by atoms with van der Waals surface area (Å²) in [7, 11) is 1.52. The van der Waals surface area contributed by atoms with Gasteiger partial charge in [0.15, 0.2) is 0 Å². The van der Waals surface area contributed by atoms with Gasteiger partial charge in [0.2, 0.25) is 0 Å². The summed E-state index contributed by atoms with van der Waals surface area (Å²) in [6, 6.07) is 12.3. The molecular weight excluding hydrogens is 266 g/mol. The lowest BCUT2D eigenvalue weighted by atomic mass is 10.1. The summed E-state index contributed by atoms with van der Waals surface area (Å²) in [5, 5.41) is 2.60. The minimum atomic E-state index is -0.678. The van der Waals surface area contributed by atoms with Gasteiger partial charge in [0, 0.05) is 5.56 Å². The Morgan fingerprint density at radius 3 is 2.19 bits per heavy atom. The predicted octanol–water partition coefficient (Wildman–Crippen LogP) is 3.13. The molecule has 0 fully saturated rings. The van der Waals surface area contributed by atoms with Crippen LogP contribution in [0.4, 0.5) is 5.69 Å². The maximum absolute atomic E-state index is 12.1. The van der Waals surface area contributed by atoms with Crippen LogP contribution in [0.15, 0.2) is 42.5 Å². The fraction of sp³-hybridized carbons (Fsp3) is 0.176. The van der Waals surface area contributed by atoms with Crippen LogP contribution in [0.2, 0.25) is 0 Å². The number of hydrogen-bond donors (Lipinski definition) is 1. The van der Waals surface area contributed by atoms with Crippen LogP contribution in [0.5, 0.6) is 5.75 Å². The number of ether oxygens (including phenoxy) is 1. The quantitative estimate of drug-likeness (QED) is 0.693. The van der Waals surface area contributed by atoms with E-state index in [1.54, 1.807) is 36.4 Å². The molecule has 4 heteroatoms. The van der Waals surface area contributed by atoms with Crippen molar-refractivity contribution >= 4 is 17.4 Å². The average Bonchev–Trinajstić information content (AvgIpc) is 2.47. The van der Waals surface area contributed by atoms with Gasteiger partial charge in [0.1, 0.15) is 5.75 Å². The zero-order valence-corrected chi connectivity index (χ0v) is 12.3. The molecule has 0 saturated heterocycles. The van der Waals surface area contributed by atoms with E-state index in [9.17, 15) is 9.59 Å². The Balaban J connectivity index is 2.19. The van der Waals surface area contributed by atoms with Crippen molar-refractivity contribution in [1.29, 1.82) is 0 Å². The van der Waals surface area contributed by atoms with Crippen LogP contribution < -0.4 is 10.1 Å². The highest BCUT2D eigenvalue weighted by Crippen LogP contribution is 2.25. The molecule has 0 heterocycles. The maximum atomic E-state index is 12.1. The van der Waals surface area contributed by atoms with Gasteiger partial charge < -0.3 is 10.1 Å². The number of carbonyl (C=O) groups excluding carboxylic acids is 2. The summed E-state index contributed by atoms with van der Waals surface area (Å²) in [6.45, 7) is 3.82. The SMILES string of the molecule is COc1ccc(C)cc1NC(=O)C(=O)c1ccc(C)cc1. The van der Waals surface area contributed by atoms with Gasteiger partial charge in [-0.3, -0.25) is 9.59 Å². The fourth-order valence-electron chi connectivity index (χ4n) is 1.93. The number of aryl methyl sites for hydroxylation is 2. The number of amides is 1. The second kappa shape index (κ2) is 6.22. The lowest BCUT2D eigenvalue weighted by Gasteiger charge is -2.10. The van der Waals surface area contributed by atoms with Crippen molar-refractivity contribution in [2.24, 2.45) is 0 Å². The van der Waals surface area contributed by atoms with Gasteiger partial charge >= 0.3 is 0 Å². The van der Waals surface area contributed by atoms with Gasteiger partial charge in [-0.15, -0.1) is 0 Å². The number of anilines is 1. The Morgan fingerprint density at radius 1 is 0.952 bits per heavy atom. The van der Waals surface area contributed by atoms with Crippen molar-refractivity contribution in [1.82, 2.24) is 0 Å². The smallest absolute Gasteiger partial charge is 0.296 e. The molecule has 0 aliphatic rings. The van der Waals surface area contributed by atoms with Crippen LogP contribution in [-0.4, -0.2) is 18.8 Å². The second-order valence-electron chi connectivity index (χ2n) is 4.85. The van der Waals surface area contributed by atoms with Crippen LogP contribution in [0.1, 0.15) is 21.5 Å². The van der Waals surface area contributed by atoms with Crippen LogP contribution >= 0.6 is 0 Å². The van der Waals surface area contributed by atoms with E-state index in [0.29, 0.717) is 17.0 Å². The predicted molar refractivity (Wildman–Crippen MR) is 81.9 cm³/mol. The molecule has 0 aliphatic heterocycles. The number of rotatable bonds is 4.